The number of sulfonamides is 1. The first kappa shape index (κ1) is 15.5. The largest absolute Gasteiger partial charge is 0.313 e. The first-order valence-corrected chi connectivity index (χ1v) is 8.93. The van der Waals surface area contributed by atoms with E-state index < -0.39 is 10.0 Å². The molecule has 1 aromatic carbocycles. The minimum atomic E-state index is -3.60. The Bertz CT molecular complexity index is 522. The van der Waals surface area contributed by atoms with Crippen molar-refractivity contribution in [3.63, 3.8) is 0 Å². The van der Waals surface area contributed by atoms with Crippen molar-refractivity contribution in [1.82, 2.24) is 5.32 Å². The van der Waals surface area contributed by atoms with Gasteiger partial charge in [-0.3, -0.25) is 0 Å². The average Bonchev–Trinajstić information content (AvgIpc) is 2.44. The van der Waals surface area contributed by atoms with Gasteiger partial charge in [-0.15, -0.1) is 0 Å². The third-order valence-electron chi connectivity index (χ3n) is 4.01. The van der Waals surface area contributed by atoms with Gasteiger partial charge in [0.25, 0.3) is 0 Å². The van der Waals surface area contributed by atoms with Gasteiger partial charge in [-0.2, -0.15) is 0 Å². The van der Waals surface area contributed by atoms with Gasteiger partial charge in [-0.1, -0.05) is 44.2 Å². The van der Waals surface area contributed by atoms with Crippen molar-refractivity contribution in [3.05, 3.63) is 29.8 Å². The Morgan fingerprint density at radius 2 is 1.95 bits per heavy atom. The van der Waals surface area contributed by atoms with Crippen molar-refractivity contribution in [3.8, 4) is 0 Å². The summed E-state index contributed by atoms with van der Waals surface area (Å²) in [6.45, 7) is 1.68. The summed E-state index contributed by atoms with van der Waals surface area (Å²) in [4.78, 5) is 0.184. The van der Waals surface area contributed by atoms with Crippen LogP contribution in [-0.4, -0.2) is 15.0 Å². The molecule has 0 atom stereocenters. The van der Waals surface area contributed by atoms with Crippen LogP contribution >= 0.6 is 0 Å². The summed E-state index contributed by atoms with van der Waals surface area (Å²) >= 11 is 0. The molecule has 3 N–H and O–H groups in total. The SMILES string of the molecule is NS(=O)(=O)c1cccc(CNCCC2CCCCC2)c1. The monoisotopic (exact) mass is 296 g/mol. The van der Waals surface area contributed by atoms with Crippen LogP contribution in [0.4, 0.5) is 0 Å². The lowest BCUT2D eigenvalue weighted by atomic mass is 9.87. The van der Waals surface area contributed by atoms with E-state index in [0.29, 0.717) is 6.54 Å². The van der Waals surface area contributed by atoms with Crippen LogP contribution in [0.5, 0.6) is 0 Å². The topological polar surface area (TPSA) is 72.2 Å². The standard InChI is InChI=1S/C15H24N2O2S/c16-20(18,19)15-8-4-7-14(11-15)12-17-10-9-13-5-2-1-3-6-13/h4,7-8,11,13,17H,1-3,5-6,9-10,12H2,(H2,16,18,19). The molecule has 1 fully saturated rings. The van der Waals surface area contributed by atoms with E-state index in [1.807, 2.05) is 6.07 Å². The van der Waals surface area contributed by atoms with Crippen molar-refractivity contribution in [2.45, 2.75) is 50.0 Å². The Labute approximate surface area is 121 Å². The first-order valence-electron chi connectivity index (χ1n) is 7.38. The van der Waals surface area contributed by atoms with E-state index in [1.54, 1.807) is 12.1 Å². The summed E-state index contributed by atoms with van der Waals surface area (Å²) < 4.78 is 22.6. The predicted molar refractivity (Wildman–Crippen MR) is 80.7 cm³/mol. The van der Waals surface area contributed by atoms with Gasteiger partial charge in [-0.25, -0.2) is 13.6 Å². The van der Waals surface area contributed by atoms with E-state index in [-0.39, 0.29) is 4.90 Å². The summed E-state index contributed by atoms with van der Waals surface area (Å²) in [5, 5.41) is 8.52. The van der Waals surface area contributed by atoms with Gasteiger partial charge in [0.15, 0.2) is 0 Å². The molecule has 112 valence electrons. The van der Waals surface area contributed by atoms with E-state index in [2.05, 4.69) is 5.32 Å². The summed E-state index contributed by atoms with van der Waals surface area (Å²) in [6, 6.07) is 6.82. The lowest BCUT2D eigenvalue weighted by Crippen LogP contribution is -2.19. The number of primary sulfonamides is 1. The molecule has 0 saturated heterocycles. The van der Waals surface area contributed by atoms with Crippen LogP contribution in [0.1, 0.15) is 44.1 Å². The van der Waals surface area contributed by atoms with Gasteiger partial charge in [0, 0.05) is 6.54 Å². The maximum Gasteiger partial charge on any atom is 0.238 e. The Balaban J connectivity index is 1.76. The van der Waals surface area contributed by atoms with Crippen molar-refractivity contribution in [1.29, 1.82) is 0 Å². The average molecular weight is 296 g/mol. The maximum atomic E-state index is 11.3. The van der Waals surface area contributed by atoms with E-state index in [0.717, 1.165) is 18.0 Å². The fraction of sp³-hybridized carbons (Fsp3) is 0.600. The molecule has 0 amide bonds. The van der Waals surface area contributed by atoms with Crippen molar-refractivity contribution >= 4 is 10.0 Å². The highest BCUT2D eigenvalue weighted by Crippen LogP contribution is 2.25. The summed E-state index contributed by atoms with van der Waals surface area (Å²) in [7, 11) is -3.60. The highest BCUT2D eigenvalue weighted by molar-refractivity contribution is 7.89. The minimum Gasteiger partial charge on any atom is -0.313 e. The second kappa shape index (κ2) is 7.20. The molecule has 5 heteroatoms. The highest BCUT2D eigenvalue weighted by atomic mass is 32.2. The van der Waals surface area contributed by atoms with Crippen LogP contribution in [0.2, 0.25) is 0 Å². The zero-order chi connectivity index (χ0) is 14.4. The smallest absolute Gasteiger partial charge is 0.238 e. The zero-order valence-electron chi connectivity index (χ0n) is 11.8. The number of rotatable bonds is 6. The van der Waals surface area contributed by atoms with Gasteiger partial charge in [0.05, 0.1) is 4.90 Å². The molecule has 4 nitrogen and oxygen atoms in total. The van der Waals surface area contributed by atoms with E-state index in [1.165, 1.54) is 44.6 Å². The van der Waals surface area contributed by atoms with E-state index in [4.69, 9.17) is 5.14 Å². The third kappa shape index (κ3) is 4.89. The predicted octanol–water partition coefficient (Wildman–Crippen LogP) is 2.39. The molecule has 0 heterocycles. The Morgan fingerprint density at radius 3 is 2.65 bits per heavy atom. The molecule has 2 rings (SSSR count). The quantitative estimate of drug-likeness (QED) is 0.792. The van der Waals surface area contributed by atoms with Crippen LogP contribution in [0.3, 0.4) is 0 Å². The minimum absolute atomic E-state index is 0.184. The van der Waals surface area contributed by atoms with E-state index >= 15 is 0 Å². The molecule has 1 aliphatic rings. The van der Waals surface area contributed by atoms with Gasteiger partial charge in [-0.05, 0) is 36.6 Å². The second-order valence-corrected chi connectivity index (χ2v) is 7.22. The lowest BCUT2D eigenvalue weighted by Gasteiger charge is -2.21. The van der Waals surface area contributed by atoms with Crippen LogP contribution in [0.25, 0.3) is 0 Å². The third-order valence-corrected chi connectivity index (χ3v) is 4.92. The molecular formula is C15H24N2O2S. The van der Waals surface area contributed by atoms with Crippen molar-refractivity contribution < 1.29 is 8.42 Å². The zero-order valence-corrected chi connectivity index (χ0v) is 12.7. The normalized spacial score (nSPS) is 17.2. The molecule has 1 aliphatic carbocycles. The van der Waals surface area contributed by atoms with Crippen LogP contribution in [-0.2, 0) is 16.6 Å². The van der Waals surface area contributed by atoms with Crippen LogP contribution in [0, 0.1) is 5.92 Å². The van der Waals surface area contributed by atoms with Gasteiger partial charge in [0.1, 0.15) is 0 Å². The molecule has 0 aromatic heterocycles. The van der Waals surface area contributed by atoms with Gasteiger partial charge >= 0.3 is 0 Å². The Hall–Kier alpha value is -0.910. The molecule has 20 heavy (non-hydrogen) atoms. The van der Waals surface area contributed by atoms with Crippen molar-refractivity contribution in [2.24, 2.45) is 11.1 Å². The van der Waals surface area contributed by atoms with Gasteiger partial charge < -0.3 is 5.32 Å². The number of nitrogens with two attached hydrogens (primary N) is 1. The van der Waals surface area contributed by atoms with Gasteiger partial charge in [0.2, 0.25) is 10.0 Å². The second-order valence-electron chi connectivity index (χ2n) is 5.66. The first-order chi connectivity index (χ1) is 9.55. The molecule has 0 bridgehead atoms. The van der Waals surface area contributed by atoms with Crippen LogP contribution < -0.4 is 10.5 Å². The summed E-state index contributed by atoms with van der Waals surface area (Å²) in [5.41, 5.74) is 0.958. The summed E-state index contributed by atoms with van der Waals surface area (Å²) in [5.74, 6) is 0.868. The molecule has 0 radical (unpaired) electrons. The Kier molecular flexibility index (Phi) is 5.57. The lowest BCUT2D eigenvalue weighted by molar-refractivity contribution is 0.334. The fourth-order valence-corrected chi connectivity index (χ4v) is 3.43. The molecule has 0 spiro atoms. The molecule has 1 aromatic rings. The molecular weight excluding hydrogens is 272 g/mol. The van der Waals surface area contributed by atoms with E-state index in [9.17, 15) is 8.42 Å². The highest BCUT2D eigenvalue weighted by Gasteiger charge is 2.12. The fourth-order valence-electron chi connectivity index (χ4n) is 2.85. The summed E-state index contributed by atoms with van der Waals surface area (Å²) in [6.07, 6.45) is 8.09. The number of benzene rings is 1. The molecule has 0 aliphatic heterocycles. The number of hydrogen-bond donors (Lipinski definition) is 2. The number of hydrogen-bond acceptors (Lipinski definition) is 3. The van der Waals surface area contributed by atoms with Crippen LogP contribution in [0.15, 0.2) is 29.2 Å². The van der Waals surface area contributed by atoms with Crippen molar-refractivity contribution in [2.75, 3.05) is 6.54 Å². The number of nitrogens with one attached hydrogen (secondary N) is 1. The maximum absolute atomic E-state index is 11.3. The Morgan fingerprint density at radius 1 is 1.20 bits per heavy atom. The molecule has 0 unspecified atom stereocenters. The molecule has 1 saturated carbocycles.